The third-order valence-electron chi connectivity index (χ3n) is 2.82. The Balaban J connectivity index is 2.13. The molecule has 0 bridgehead atoms. The summed E-state index contributed by atoms with van der Waals surface area (Å²) in [5, 5.41) is 17.9. The number of aliphatic hydroxyl groups excluding tert-OH is 1. The Morgan fingerprint density at radius 3 is 2.47 bits per heavy atom. The van der Waals surface area contributed by atoms with Crippen molar-refractivity contribution < 1.29 is 14.6 Å². The van der Waals surface area contributed by atoms with Crippen LogP contribution in [0.25, 0.3) is 0 Å². The van der Waals surface area contributed by atoms with Crippen molar-refractivity contribution in [1.29, 1.82) is 0 Å². The number of methoxy groups -OCH3 is 2. The predicted octanol–water partition coefficient (Wildman–Crippen LogP) is 1.77. The first-order chi connectivity index (χ1) is 9.24. The first kappa shape index (κ1) is 13.3. The first-order valence-electron chi connectivity index (χ1n) is 5.92. The van der Waals surface area contributed by atoms with Crippen LogP contribution in [-0.4, -0.2) is 29.5 Å². The van der Waals surface area contributed by atoms with Gasteiger partial charge in [0, 0.05) is 12.5 Å². The molecule has 19 heavy (non-hydrogen) atoms. The van der Waals surface area contributed by atoms with Crippen molar-refractivity contribution in [3.63, 3.8) is 0 Å². The molecule has 1 aromatic carbocycles. The summed E-state index contributed by atoms with van der Waals surface area (Å²) in [4.78, 5) is 0. The summed E-state index contributed by atoms with van der Waals surface area (Å²) in [7, 11) is 3.13. The highest BCUT2D eigenvalue weighted by atomic mass is 16.5. The van der Waals surface area contributed by atoms with Gasteiger partial charge < -0.3 is 14.6 Å². The molecule has 0 saturated carbocycles. The summed E-state index contributed by atoms with van der Waals surface area (Å²) in [6.07, 6.45) is -0.305. The third kappa shape index (κ3) is 3.20. The van der Waals surface area contributed by atoms with Gasteiger partial charge in [0.1, 0.15) is 11.9 Å². The van der Waals surface area contributed by atoms with E-state index in [9.17, 15) is 5.11 Å². The molecule has 1 heterocycles. The Bertz CT molecular complexity index is 528. The summed E-state index contributed by atoms with van der Waals surface area (Å²) in [5.41, 5.74) is 1.43. The number of hydrogen-bond donors (Lipinski definition) is 1. The van der Waals surface area contributed by atoms with E-state index in [1.165, 1.54) is 7.11 Å². The van der Waals surface area contributed by atoms with E-state index >= 15 is 0 Å². The Hall–Kier alpha value is -2.14. The van der Waals surface area contributed by atoms with Gasteiger partial charge in [0.2, 0.25) is 5.88 Å². The SMILES string of the molecule is COc1ccc(C(O)Cc2ccccc2OC)nn1. The molecule has 5 nitrogen and oxygen atoms in total. The zero-order chi connectivity index (χ0) is 13.7. The lowest BCUT2D eigenvalue weighted by Crippen LogP contribution is -2.06. The fraction of sp³-hybridized carbons (Fsp3) is 0.286. The average molecular weight is 260 g/mol. The van der Waals surface area contributed by atoms with E-state index in [2.05, 4.69) is 10.2 Å². The van der Waals surface area contributed by atoms with Crippen molar-refractivity contribution in [2.75, 3.05) is 14.2 Å². The van der Waals surface area contributed by atoms with Crippen LogP contribution in [0.15, 0.2) is 36.4 Å². The van der Waals surface area contributed by atoms with Gasteiger partial charge in [-0.3, -0.25) is 0 Å². The van der Waals surface area contributed by atoms with Crippen LogP contribution in [0, 0.1) is 0 Å². The minimum absolute atomic E-state index is 0.422. The molecule has 1 unspecified atom stereocenters. The molecule has 1 atom stereocenters. The number of para-hydroxylation sites is 1. The van der Waals surface area contributed by atoms with Gasteiger partial charge in [0.05, 0.1) is 19.9 Å². The molecule has 0 aliphatic rings. The molecule has 0 fully saturated rings. The van der Waals surface area contributed by atoms with Gasteiger partial charge in [-0.1, -0.05) is 18.2 Å². The number of benzene rings is 1. The zero-order valence-electron chi connectivity index (χ0n) is 10.9. The predicted molar refractivity (Wildman–Crippen MR) is 70.2 cm³/mol. The van der Waals surface area contributed by atoms with Crippen LogP contribution >= 0.6 is 0 Å². The average Bonchev–Trinajstić information content (AvgIpc) is 2.48. The van der Waals surface area contributed by atoms with Crippen LogP contribution in [-0.2, 0) is 6.42 Å². The second-order valence-electron chi connectivity index (χ2n) is 4.03. The Morgan fingerprint density at radius 2 is 1.84 bits per heavy atom. The molecule has 0 aliphatic heterocycles. The molecule has 0 amide bonds. The van der Waals surface area contributed by atoms with Crippen molar-refractivity contribution in [3.8, 4) is 11.6 Å². The maximum absolute atomic E-state index is 10.2. The van der Waals surface area contributed by atoms with E-state index in [1.54, 1.807) is 19.2 Å². The van der Waals surface area contributed by atoms with Crippen molar-refractivity contribution in [1.82, 2.24) is 10.2 Å². The van der Waals surface area contributed by atoms with Gasteiger partial charge in [0.15, 0.2) is 0 Å². The van der Waals surface area contributed by atoms with Gasteiger partial charge in [0.25, 0.3) is 0 Å². The second kappa shape index (κ2) is 6.15. The monoisotopic (exact) mass is 260 g/mol. The molecule has 2 rings (SSSR count). The van der Waals surface area contributed by atoms with Gasteiger partial charge in [-0.2, -0.15) is 0 Å². The summed E-state index contributed by atoms with van der Waals surface area (Å²) in [6, 6.07) is 11.0. The van der Waals surface area contributed by atoms with Gasteiger partial charge >= 0.3 is 0 Å². The molecule has 1 aromatic heterocycles. The number of ether oxygens (including phenoxy) is 2. The molecule has 5 heteroatoms. The van der Waals surface area contributed by atoms with Crippen molar-refractivity contribution in [3.05, 3.63) is 47.7 Å². The van der Waals surface area contributed by atoms with Crippen LogP contribution in [0.2, 0.25) is 0 Å². The van der Waals surface area contributed by atoms with Crippen LogP contribution in [0.4, 0.5) is 0 Å². The summed E-state index contributed by atoms with van der Waals surface area (Å²) in [5.74, 6) is 1.18. The molecule has 0 radical (unpaired) electrons. The molecular formula is C14H16N2O3. The van der Waals surface area contributed by atoms with Gasteiger partial charge in [-0.15, -0.1) is 10.2 Å². The summed E-state index contributed by atoms with van der Waals surface area (Å²) >= 11 is 0. The number of hydrogen-bond acceptors (Lipinski definition) is 5. The number of aliphatic hydroxyl groups is 1. The lowest BCUT2D eigenvalue weighted by Gasteiger charge is -2.12. The molecular weight excluding hydrogens is 244 g/mol. The number of rotatable bonds is 5. The second-order valence-corrected chi connectivity index (χ2v) is 4.03. The molecule has 0 spiro atoms. The topological polar surface area (TPSA) is 64.5 Å². The van der Waals surface area contributed by atoms with Crippen LogP contribution in [0.3, 0.4) is 0 Å². The fourth-order valence-corrected chi connectivity index (χ4v) is 1.80. The van der Waals surface area contributed by atoms with Crippen LogP contribution in [0.1, 0.15) is 17.4 Å². The minimum Gasteiger partial charge on any atom is -0.496 e. The number of aromatic nitrogens is 2. The minimum atomic E-state index is -0.727. The standard InChI is InChI=1S/C14H16N2O3/c1-18-13-6-4-3-5-10(13)9-12(17)11-7-8-14(19-2)16-15-11/h3-8,12,17H,9H2,1-2H3. The normalized spacial score (nSPS) is 11.9. The van der Waals surface area contributed by atoms with Crippen LogP contribution < -0.4 is 9.47 Å². The van der Waals surface area contributed by atoms with Crippen molar-refractivity contribution in [2.45, 2.75) is 12.5 Å². The third-order valence-corrected chi connectivity index (χ3v) is 2.82. The van der Waals surface area contributed by atoms with Gasteiger partial charge in [-0.05, 0) is 17.7 Å². The Kier molecular flexibility index (Phi) is 4.30. The number of nitrogens with zero attached hydrogens (tertiary/aromatic N) is 2. The lowest BCUT2D eigenvalue weighted by molar-refractivity contribution is 0.171. The maximum Gasteiger partial charge on any atom is 0.233 e. The van der Waals surface area contributed by atoms with E-state index in [4.69, 9.17) is 9.47 Å². The van der Waals surface area contributed by atoms with E-state index in [1.807, 2.05) is 24.3 Å². The highest BCUT2D eigenvalue weighted by Gasteiger charge is 2.13. The van der Waals surface area contributed by atoms with E-state index in [-0.39, 0.29) is 0 Å². The molecule has 100 valence electrons. The van der Waals surface area contributed by atoms with Gasteiger partial charge in [-0.25, -0.2) is 0 Å². The highest BCUT2D eigenvalue weighted by molar-refractivity contribution is 5.34. The largest absolute Gasteiger partial charge is 0.496 e. The van der Waals surface area contributed by atoms with Crippen LogP contribution in [0.5, 0.6) is 11.6 Å². The van der Waals surface area contributed by atoms with Crippen molar-refractivity contribution >= 4 is 0 Å². The Morgan fingerprint density at radius 1 is 1.05 bits per heavy atom. The van der Waals surface area contributed by atoms with E-state index in [0.29, 0.717) is 18.0 Å². The maximum atomic E-state index is 10.2. The van der Waals surface area contributed by atoms with E-state index in [0.717, 1.165) is 11.3 Å². The Labute approximate surface area is 111 Å². The summed E-state index contributed by atoms with van der Waals surface area (Å²) in [6.45, 7) is 0. The summed E-state index contributed by atoms with van der Waals surface area (Å²) < 4.78 is 10.2. The molecule has 2 aromatic rings. The fourth-order valence-electron chi connectivity index (χ4n) is 1.80. The quantitative estimate of drug-likeness (QED) is 0.887. The lowest BCUT2D eigenvalue weighted by atomic mass is 10.0. The smallest absolute Gasteiger partial charge is 0.233 e. The van der Waals surface area contributed by atoms with Crippen molar-refractivity contribution in [2.24, 2.45) is 0 Å². The highest BCUT2D eigenvalue weighted by Crippen LogP contribution is 2.24. The molecule has 1 N–H and O–H groups in total. The zero-order valence-corrected chi connectivity index (χ0v) is 10.9. The molecule has 0 saturated heterocycles. The molecule has 0 aliphatic carbocycles. The first-order valence-corrected chi connectivity index (χ1v) is 5.92. The van der Waals surface area contributed by atoms with E-state index < -0.39 is 6.10 Å².